The summed E-state index contributed by atoms with van der Waals surface area (Å²) >= 11 is 0. The first-order valence-corrected chi connectivity index (χ1v) is 9.32. The maximum Gasteiger partial charge on any atom is 0.0623 e. The van der Waals surface area contributed by atoms with Gasteiger partial charge in [-0.05, 0) is 56.8 Å². The van der Waals surface area contributed by atoms with Gasteiger partial charge in [-0.15, -0.1) is 0 Å². The highest BCUT2D eigenvalue weighted by Gasteiger charge is 2.31. The summed E-state index contributed by atoms with van der Waals surface area (Å²) in [6, 6.07) is 1.40. The molecule has 1 aliphatic carbocycles. The van der Waals surface area contributed by atoms with Gasteiger partial charge in [0.05, 0.1) is 12.7 Å². The van der Waals surface area contributed by atoms with Gasteiger partial charge in [0.1, 0.15) is 0 Å². The van der Waals surface area contributed by atoms with Gasteiger partial charge in [-0.1, -0.05) is 40.0 Å². The smallest absolute Gasteiger partial charge is 0.0623 e. The van der Waals surface area contributed by atoms with Crippen molar-refractivity contribution in [3.8, 4) is 0 Å². The van der Waals surface area contributed by atoms with Crippen LogP contribution in [0.3, 0.4) is 0 Å². The SMILES string of the molecule is CC(CCCC(C)(C)C)OCC1CCC2CCCCC2N1. The molecule has 0 radical (unpaired) electrons. The van der Waals surface area contributed by atoms with Crippen LogP contribution in [-0.4, -0.2) is 24.8 Å². The molecule has 2 heteroatoms. The first-order chi connectivity index (χ1) is 9.94. The molecule has 0 bridgehead atoms. The summed E-state index contributed by atoms with van der Waals surface area (Å²) in [7, 11) is 0. The quantitative estimate of drug-likeness (QED) is 0.751. The van der Waals surface area contributed by atoms with Gasteiger partial charge >= 0.3 is 0 Å². The van der Waals surface area contributed by atoms with E-state index in [0.717, 1.165) is 18.6 Å². The number of hydrogen-bond donors (Lipinski definition) is 1. The number of ether oxygens (including phenoxy) is 1. The van der Waals surface area contributed by atoms with Gasteiger partial charge in [-0.2, -0.15) is 0 Å². The molecule has 2 nitrogen and oxygen atoms in total. The molecule has 1 N–H and O–H groups in total. The summed E-state index contributed by atoms with van der Waals surface area (Å²) < 4.78 is 6.11. The normalized spacial score (nSPS) is 31.7. The fraction of sp³-hybridized carbons (Fsp3) is 1.00. The predicted octanol–water partition coefficient (Wildman–Crippen LogP) is 4.92. The van der Waals surface area contributed by atoms with E-state index in [0.29, 0.717) is 17.6 Å². The third-order valence-electron chi connectivity index (χ3n) is 5.36. The molecule has 21 heavy (non-hydrogen) atoms. The second-order valence-corrected chi connectivity index (χ2v) is 8.69. The van der Waals surface area contributed by atoms with E-state index in [-0.39, 0.29) is 0 Å². The van der Waals surface area contributed by atoms with Crippen LogP contribution >= 0.6 is 0 Å². The Bertz CT molecular complexity index is 296. The van der Waals surface area contributed by atoms with E-state index in [2.05, 4.69) is 33.0 Å². The topological polar surface area (TPSA) is 21.3 Å². The van der Waals surface area contributed by atoms with Crippen molar-refractivity contribution < 1.29 is 4.74 Å². The lowest BCUT2D eigenvalue weighted by molar-refractivity contribution is 0.0245. The van der Waals surface area contributed by atoms with E-state index in [1.807, 2.05) is 0 Å². The Morgan fingerprint density at radius 3 is 2.62 bits per heavy atom. The Hall–Kier alpha value is -0.0800. The van der Waals surface area contributed by atoms with E-state index in [1.54, 1.807) is 0 Å². The van der Waals surface area contributed by atoms with E-state index in [4.69, 9.17) is 4.74 Å². The van der Waals surface area contributed by atoms with Crippen LogP contribution in [0.4, 0.5) is 0 Å². The van der Waals surface area contributed by atoms with Crippen molar-refractivity contribution in [1.29, 1.82) is 0 Å². The number of rotatable bonds is 6. The Morgan fingerprint density at radius 1 is 1.10 bits per heavy atom. The van der Waals surface area contributed by atoms with Crippen molar-refractivity contribution in [3.63, 3.8) is 0 Å². The van der Waals surface area contributed by atoms with Gasteiger partial charge in [0.2, 0.25) is 0 Å². The third-order valence-corrected chi connectivity index (χ3v) is 5.36. The number of fused-ring (bicyclic) bond motifs is 1. The van der Waals surface area contributed by atoms with E-state index >= 15 is 0 Å². The summed E-state index contributed by atoms with van der Waals surface area (Å²) in [6.45, 7) is 10.1. The molecule has 4 unspecified atom stereocenters. The van der Waals surface area contributed by atoms with Crippen LogP contribution in [0.5, 0.6) is 0 Å². The van der Waals surface area contributed by atoms with Crippen molar-refractivity contribution in [2.75, 3.05) is 6.61 Å². The maximum atomic E-state index is 6.11. The lowest BCUT2D eigenvalue weighted by atomic mass is 9.78. The Morgan fingerprint density at radius 2 is 1.86 bits per heavy atom. The molecule has 4 atom stereocenters. The van der Waals surface area contributed by atoms with Crippen molar-refractivity contribution in [2.24, 2.45) is 11.3 Å². The fourth-order valence-electron chi connectivity index (χ4n) is 3.99. The van der Waals surface area contributed by atoms with Crippen LogP contribution in [0.1, 0.15) is 85.5 Å². The van der Waals surface area contributed by atoms with Crippen molar-refractivity contribution in [2.45, 2.75) is 104 Å². The zero-order valence-corrected chi connectivity index (χ0v) is 14.8. The molecule has 1 saturated carbocycles. The molecular formula is C19H37NO. The van der Waals surface area contributed by atoms with Crippen molar-refractivity contribution >= 4 is 0 Å². The zero-order chi connectivity index (χ0) is 15.3. The second kappa shape index (κ2) is 7.97. The fourth-order valence-corrected chi connectivity index (χ4v) is 3.99. The van der Waals surface area contributed by atoms with Crippen LogP contribution < -0.4 is 5.32 Å². The molecular weight excluding hydrogens is 258 g/mol. The van der Waals surface area contributed by atoms with Gasteiger partial charge < -0.3 is 10.1 Å². The number of hydrogen-bond acceptors (Lipinski definition) is 2. The Balaban J connectivity index is 1.59. The minimum absolute atomic E-state index is 0.415. The molecule has 0 aromatic carbocycles. The molecule has 2 aliphatic rings. The third kappa shape index (κ3) is 6.28. The van der Waals surface area contributed by atoms with Gasteiger partial charge in [-0.25, -0.2) is 0 Å². The first-order valence-electron chi connectivity index (χ1n) is 9.32. The summed E-state index contributed by atoms with van der Waals surface area (Å²) in [5, 5.41) is 3.87. The minimum Gasteiger partial charge on any atom is -0.377 e. The molecule has 0 amide bonds. The number of piperidine rings is 1. The second-order valence-electron chi connectivity index (χ2n) is 8.69. The predicted molar refractivity (Wildman–Crippen MR) is 90.6 cm³/mol. The lowest BCUT2D eigenvalue weighted by Gasteiger charge is -2.40. The van der Waals surface area contributed by atoms with Crippen LogP contribution in [0.25, 0.3) is 0 Å². The maximum absolute atomic E-state index is 6.11. The Kier molecular flexibility index (Phi) is 6.55. The molecule has 2 rings (SSSR count). The summed E-state index contributed by atoms with van der Waals surface area (Å²) in [4.78, 5) is 0. The average Bonchev–Trinajstić information content (AvgIpc) is 2.43. The van der Waals surface area contributed by atoms with Crippen LogP contribution in [-0.2, 0) is 4.74 Å². The van der Waals surface area contributed by atoms with Gasteiger partial charge in [0, 0.05) is 12.1 Å². The highest BCUT2D eigenvalue weighted by molar-refractivity contribution is 4.89. The zero-order valence-electron chi connectivity index (χ0n) is 14.8. The summed E-state index contributed by atoms with van der Waals surface area (Å²) in [6.07, 6.45) is 12.7. The summed E-state index contributed by atoms with van der Waals surface area (Å²) in [5.74, 6) is 0.958. The van der Waals surface area contributed by atoms with Gasteiger partial charge in [0.25, 0.3) is 0 Å². The van der Waals surface area contributed by atoms with E-state index in [1.165, 1.54) is 57.8 Å². The van der Waals surface area contributed by atoms with Crippen LogP contribution in [0, 0.1) is 11.3 Å². The number of nitrogens with one attached hydrogen (secondary N) is 1. The van der Waals surface area contributed by atoms with Crippen LogP contribution in [0.2, 0.25) is 0 Å². The highest BCUT2D eigenvalue weighted by atomic mass is 16.5. The van der Waals surface area contributed by atoms with E-state index in [9.17, 15) is 0 Å². The van der Waals surface area contributed by atoms with Gasteiger partial charge in [0.15, 0.2) is 0 Å². The molecule has 2 fully saturated rings. The standard InChI is InChI=1S/C19H37NO/c1-15(8-7-13-19(2,3)4)21-14-17-12-11-16-9-5-6-10-18(16)20-17/h15-18,20H,5-14H2,1-4H3. The monoisotopic (exact) mass is 295 g/mol. The molecule has 124 valence electrons. The molecule has 0 aromatic heterocycles. The van der Waals surface area contributed by atoms with E-state index < -0.39 is 0 Å². The first kappa shape index (κ1) is 17.3. The largest absolute Gasteiger partial charge is 0.377 e. The molecule has 0 spiro atoms. The van der Waals surface area contributed by atoms with Crippen molar-refractivity contribution in [1.82, 2.24) is 5.32 Å². The average molecular weight is 296 g/mol. The Labute approximate surface area is 132 Å². The molecule has 1 heterocycles. The van der Waals surface area contributed by atoms with Crippen molar-refractivity contribution in [3.05, 3.63) is 0 Å². The molecule has 1 saturated heterocycles. The lowest BCUT2D eigenvalue weighted by Crippen LogP contribution is -2.50. The minimum atomic E-state index is 0.415. The highest BCUT2D eigenvalue weighted by Crippen LogP contribution is 2.32. The molecule has 1 aliphatic heterocycles. The van der Waals surface area contributed by atoms with Gasteiger partial charge in [-0.3, -0.25) is 0 Å². The summed E-state index contributed by atoms with van der Waals surface area (Å²) in [5.41, 5.74) is 0.459. The van der Waals surface area contributed by atoms with Crippen LogP contribution in [0.15, 0.2) is 0 Å². The molecule has 0 aromatic rings.